The van der Waals surface area contributed by atoms with Crippen molar-refractivity contribution in [2.45, 2.75) is 108 Å². The predicted molar refractivity (Wildman–Crippen MR) is 190 cm³/mol. The molecular formula is C39H51NO12. The van der Waals surface area contributed by atoms with Gasteiger partial charge in [0, 0.05) is 19.3 Å². The Hall–Kier alpha value is -5.04. The number of carboxylic acid groups (broad SMARTS) is 2. The van der Waals surface area contributed by atoms with Gasteiger partial charge in [-0.25, -0.2) is 14.4 Å². The second-order valence-corrected chi connectivity index (χ2v) is 12.7. The smallest absolute Gasteiger partial charge is 0.340 e. The Kier molecular flexibility index (Phi) is 19.4. The molecule has 3 atom stereocenters. The van der Waals surface area contributed by atoms with Crippen LogP contribution < -0.4 is 5.32 Å². The highest BCUT2D eigenvalue weighted by Crippen LogP contribution is 2.26. The third-order valence-electron chi connectivity index (χ3n) is 8.43. The van der Waals surface area contributed by atoms with E-state index in [0.717, 1.165) is 51.0 Å². The van der Waals surface area contributed by atoms with E-state index in [2.05, 4.69) is 12.2 Å². The maximum absolute atomic E-state index is 13.7. The van der Waals surface area contributed by atoms with E-state index >= 15 is 0 Å². The van der Waals surface area contributed by atoms with Gasteiger partial charge in [-0.05, 0) is 55.5 Å². The summed E-state index contributed by atoms with van der Waals surface area (Å²) in [4.78, 5) is 75.1. The highest BCUT2D eigenvalue weighted by Gasteiger charge is 2.49. The van der Waals surface area contributed by atoms with Crippen LogP contribution in [0.5, 0.6) is 5.75 Å². The zero-order valence-corrected chi connectivity index (χ0v) is 29.7. The molecule has 284 valence electrons. The number of phenols is 1. The van der Waals surface area contributed by atoms with Gasteiger partial charge >= 0.3 is 23.9 Å². The number of aromatic hydroxyl groups is 1. The number of benzene rings is 2. The average Bonchev–Trinajstić information content (AvgIpc) is 3.11. The second kappa shape index (κ2) is 23.4. The summed E-state index contributed by atoms with van der Waals surface area (Å²) in [5, 5.41) is 42.4. The van der Waals surface area contributed by atoms with Crippen molar-refractivity contribution in [3.63, 3.8) is 0 Å². The molecule has 0 spiro atoms. The molecule has 0 saturated carbocycles. The maximum Gasteiger partial charge on any atom is 0.340 e. The van der Waals surface area contributed by atoms with Crippen LogP contribution in [0.1, 0.15) is 106 Å². The van der Waals surface area contributed by atoms with Crippen LogP contribution in [-0.4, -0.2) is 74.4 Å². The minimum atomic E-state index is -3.08. The molecule has 13 nitrogen and oxygen atoms in total. The molecule has 5 N–H and O–H groups in total. The minimum Gasteiger partial charge on any atom is -0.508 e. The lowest BCUT2D eigenvalue weighted by atomic mass is 9.82. The number of nitrogens with one attached hydrogen (secondary N) is 1. The van der Waals surface area contributed by atoms with Crippen molar-refractivity contribution in [2.24, 2.45) is 5.92 Å². The van der Waals surface area contributed by atoms with Crippen LogP contribution in [-0.2, 0) is 39.9 Å². The summed E-state index contributed by atoms with van der Waals surface area (Å²) >= 11 is 0. The number of carboxylic acids is 2. The van der Waals surface area contributed by atoms with E-state index in [9.17, 15) is 49.2 Å². The number of carbonyl (C=O) groups excluding carboxylic acids is 4. The van der Waals surface area contributed by atoms with Crippen LogP contribution >= 0.6 is 0 Å². The first kappa shape index (κ1) is 43.1. The van der Waals surface area contributed by atoms with E-state index in [4.69, 9.17) is 9.47 Å². The quantitative estimate of drug-likeness (QED) is 0.0351. The van der Waals surface area contributed by atoms with Crippen LogP contribution in [0.15, 0.2) is 66.7 Å². The molecule has 0 aromatic heterocycles. The SMILES string of the molecule is CCCCCCCC(=O)CCCCCC/C=C/[C@H](C(=O)N[C@@H](Cc1ccc(O)cc1)C(=O)OCOC(=O)c1ccccc1)[C@@](O)(CC(=O)O)C(=O)O. The number of aliphatic hydroxyl groups is 1. The maximum atomic E-state index is 13.7. The van der Waals surface area contributed by atoms with E-state index in [1.165, 1.54) is 48.9 Å². The van der Waals surface area contributed by atoms with Gasteiger partial charge in [0.2, 0.25) is 12.7 Å². The van der Waals surface area contributed by atoms with Crippen molar-refractivity contribution in [1.82, 2.24) is 5.32 Å². The molecule has 0 heterocycles. The summed E-state index contributed by atoms with van der Waals surface area (Å²) < 4.78 is 10.1. The molecule has 0 aliphatic carbocycles. The van der Waals surface area contributed by atoms with Crippen molar-refractivity contribution in [3.05, 3.63) is 77.9 Å². The Labute approximate surface area is 304 Å². The van der Waals surface area contributed by atoms with Gasteiger partial charge in [0.15, 0.2) is 5.60 Å². The summed E-state index contributed by atoms with van der Waals surface area (Å²) in [5.74, 6) is -8.41. The number of aliphatic carboxylic acids is 2. The number of amides is 1. The first-order valence-corrected chi connectivity index (χ1v) is 17.7. The molecule has 1 amide bonds. The summed E-state index contributed by atoms with van der Waals surface area (Å²) in [5.41, 5.74) is -2.44. The number of hydrogen-bond donors (Lipinski definition) is 5. The highest BCUT2D eigenvalue weighted by molar-refractivity contribution is 5.95. The summed E-state index contributed by atoms with van der Waals surface area (Å²) in [6, 6.07) is 12.0. The molecule has 0 fully saturated rings. The fourth-order valence-corrected chi connectivity index (χ4v) is 5.46. The van der Waals surface area contributed by atoms with Gasteiger partial charge in [0.05, 0.1) is 17.9 Å². The predicted octanol–water partition coefficient (Wildman–Crippen LogP) is 5.51. The van der Waals surface area contributed by atoms with Gasteiger partial charge in [-0.15, -0.1) is 0 Å². The number of unbranched alkanes of at least 4 members (excludes halogenated alkanes) is 8. The third kappa shape index (κ3) is 15.9. The van der Waals surface area contributed by atoms with Crippen LogP contribution in [0.25, 0.3) is 0 Å². The molecule has 0 bridgehead atoms. The number of phenolic OH excluding ortho intramolecular Hbond substituents is 1. The van der Waals surface area contributed by atoms with Gasteiger partial charge in [0.25, 0.3) is 0 Å². The fourth-order valence-electron chi connectivity index (χ4n) is 5.46. The normalized spacial score (nSPS) is 13.4. The van der Waals surface area contributed by atoms with Crippen molar-refractivity contribution in [2.75, 3.05) is 6.79 Å². The lowest BCUT2D eigenvalue weighted by Crippen LogP contribution is -2.55. The minimum absolute atomic E-state index is 0.0632. The van der Waals surface area contributed by atoms with E-state index in [0.29, 0.717) is 31.2 Å². The van der Waals surface area contributed by atoms with E-state index in [1.807, 2.05) is 0 Å². The summed E-state index contributed by atoms with van der Waals surface area (Å²) in [7, 11) is 0. The van der Waals surface area contributed by atoms with Crippen LogP contribution in [0, 0.1) is 5.92 Å². The molecule has 2 rings (SSSR count). The van der Waals surface area contributed by atoms with Crippen LogP contribution in [0.3, 0.4) is 0 Å². The third-order valence-corrected chi connectivity index (χ3v) is 8.43. The van der Waals surface area contributed by atoms with Gasteiger partial charge in [0.1, 0.15) is 17.6 Å². The van der Waals surface area contributed by atoms with Crippen molar-refractivity contribution < 1.29 is 58.7 Å². The lowest BCUT2D eigenvalue weighted by Gasteiger charge is -2.29. The summed E-state index contributed by atoms with van der Waals surface area (Å²) in [6.45, 7) is 1.32. The molecule has 2 aromatic carbocycles. The number of ether oxygens (including phenoxy) is 2. The topological polar surface area (TPSA) is 214 Å². The zero-order valence-electron chi connectivity index (χ0n) is 29.7. The highest BCUT2D eigenvalue weighted by atomic mass is 16.7. The number of Topliss-reactive ketones (excluding diaryl/α,β-unsaturated/α-hetero) is 1. The molecule has 0 saturated heterocycles. The molecule has 0 aliphatic rings. The van der Waals surface area contributed by atoms with E-state index in [1.54, 1.807) is 18.2 Å². The molecule has 0 aliphatic heterocycles. The Morgan fingerprint density at radius 1 is 0.808 bits per heavy atom. The number of carbonyl (C=O) groups is 6. The first-order chi connectivity index (χ1) is 24.9. The van der Waals surface area contributed by atoms with Crippen molar-refractivity contribution >= 4 is 35.6 Å². The lowest BCUT2D eigenvalue weighted by molar-refractivity contribution is -0.172. The Bertz CT molecular complexity index is 1470. The van der Waals surface area contributed by atoms with E-state index in [-0.39, 0.29) is 23.5 Å². The first-order valence-electron chi connectivity index (χ1n) is 17.7. The average molecular weight is 726 g/mol. The fraction of sp³-hybridized carbons (Fsp3) is 0.487. The number of allylic oxidation sites excluding steroid dienone is 1. The molecular weight excluding hydrogens is 674 g/mol. The van der Waals surface area contributed by atoms with Crippen molar-refractivity contribution in [3.8, 4) is 5.75 Å². The summed E-state index contributed by atoms with van der Waals surface area (Å²) in [6.07, 6.45) is 10.8. The monoisotopic (exact) mass is 725 g/mol. The Balaban J connectivity index is 2.10. The number of rotatable bonds is 26. The number of hydrogen-bond acceptors (Lipinski definition) is 10. The molecule has 2 aromatic rings. The Morgan fingerprint density at radius 3 is 2.02 bits per heavy atom. The van der Waals surface area contributed by atoms with Gasteiger partial charge in [-0.1, -0.05) is 87.9 Å². The van der Waals surface area contributed by atoms with E-state index < -0.39 is 60.6 Å². The Morgan fingerprint density at radius 2 is 1.42 bits per heavy atom. The van der Waals surface area contributed by atoms with Crippen LogP contribution in [0.4, 0.5) is 0 Å². The second-order valence-electron chi connectivity index (χ2n) is 12.7. The molecule has 0 unspecified atom stereocenters. The number of ketones is 1. The van der Waals surface area contributed by atoms with Crippen LogP contribution in [0.2, 0.25) is 0 Å². The standard InChI is InChI=1S/C39H51NO12/c1-2-3-4-7-13-18-30(41)19-14-8-5-6-9-15-20-32(39(50,38(48)49)26-34(43)44)35(45)40-33(25-28-21-23-31(42)24-22-28)37(47)52-27-51-36(46)29-16-11-10-12-17-29/h10-12,15-17,20-24,32-33,42,50H,2-9,13-14,18-19,25-27H2,1H3,(H,40,45)(H,43,44)(H,48,49)/b20-15+/t32-,33+,39+/m1/s1. The van der Waals surface area contributed by atoms with Gasteiger partial charge in [-0.2, -0.15) is 0 Å². The molecule has 0 radical (unpaired) electrons. The molecule has 52 heavy (non-hydrogen) atoms. The largest absolute Gasteiger partial charge is 0.508 e. The van der Waals surface area contributed by atoms with Gasteiger partial charge in [-0.3, -0.25) is 14.4 Å². The number of esters is 2. The van der Waals surface area contributed by atoms with Crippen molar-refractivity contribution in [1.29, 1.82) is 0 Å². The van der Waals surface area contributed by atoms with Gasteiger partial charge < -0.3 is 35.2 Å². The zero-order chi connectivity index (χ0) is 38.4. The molecule has 13 heteroatoms.